The molecular weight excluding hydrogens is 248 g/mol. The SMILES string of the molecule is O=[N+]([O-])c1ccn(-c2ccc(C3=N[N]C=C3)cn2)n1. The molecule has 0 unspecified atom stereocenters. The van der Waals surface area contributed by atoms with Crippen LogP contribution < -0.4 is 5.43 Å². The largest absolute Gasteiger partial charge is 0.390 e. The molecule has 1 aliphatic heterocycles. The average molecular weight is 255 g/mol. The summed E-state index contributed by atoms with van der Waals surface area (Å²) in [6.07, 6.45) is 6.48. The molecule has 0 saturated carbocycles. The van der Waals surface area contributed by atoms with Gasteiger partial charge < -0.3 is 10.1 Å². The number of pyridine rings is 1. The Morgan fingerprint density at radius 2 is 2.16 bits per heavy atom. The van der Waals surface area contributed by atoms with E-state index >= 15 is 0 Å². The number of hydrogen-bond acceptors (Lipinski definition) is 5. The van der Waals surface area contributed by atoms with Gasteiger partial charge in [0.25, 0.3) is 0 Å². The number of allylic oxidation sites excluding steroid dienone is 1. The molecule has 19 heavy (non-hydrogen) atoms. The molecule has 0 spiro atoms. The summed E-state index contributed by atoms with van der Waals surface area (Å²) >= 11 is 0. The van der Waals surface area contributed by atoms with Gasteiger partial charge in [-0.25, -0.2) is 4.98 Å². The summed E-state index contributed by atoms with van der Waals surface area (Å²) in [5.41, 5.74) is 5.28. The van der Waals surface area contributed by atoms with Gasteiger partial charge in [0.2, 0.25) is 0 Å². The third kappa shape index (κ3) is 2.06. The molecule has 0 aromatic carbocycles. The summed E-state index contributed by atoms with van der Waals surface area (Å²) in [7, 11) is 0. The van der Waals surface area contributed by atoms with Crippen LogP contribution in [0.3, 0.4) is 0 Å². The molecule has 3 heterocycles. The van der Waals surface area contributed by atoms with E-state index in [9.17, 15) is 10.1 Å². The fourth-order valence-electron chi connectivity index (χ4n) is 1.60. The Bertz CT molecular complexity index is 685. The van der Waals surface area contributed by atoms with E-state index in [0.717, 1.165) is 11.3 Å². The Hall–Kier alpha value is -3.03. The van der Waals surface area contributed by atoms with Crippen molar-refractivity contribution in [1.29, 1.82) is 0 Å². The minimum Gasteiger partial charge on any atom is -0.358 e. The maximum absolute atomic E-state index is 10.5. The molecule has 0 saturated heterocycles. The molecule has 0 aliphatic carbocycles. The van der Waals surface area contributed by atoms with E-state index in [-0.39, 0.29) is 5.82 Å². The van der Waals surface area contributed by atoms with E-state index in [1.807, 2.05) is 0 Å². The third-order valence-corrected chi connectivity index (χ3v) is 2.50. The lowest BCUT2D eigenvalue weighted by Gasteiger charge is -1.99. The Labute approximate surface area is 107 Å². The predicted molar refractivity (Wildman–Crippen MR) is 65.8 cm³/mol. The molecule has 8 nitrogen and oxygen atoms in total. The topological polar surface area (TPSA) is 100 Å². The lowest BCUT2D eigenvalue weighted by atomic mass is 10.2. The van der Waals surface area contributed by atoms with Crippen LogP contribution in [0.25, 0.3) is 5.82 Å². The van der Waals surface area contributed by atoms with Gasteiger partial charge in [-0.3, -0.25) is 0 Å². The normalized spacial score (nSPS) is 13.2. The zero-order valence-electron chi connectivity index (χ0n) is 9.54. The maximum Gasteiger partial charge on any atom is 0.390 e. The Morgan fingerprint density at radius 1 is 1.26 bits per heavy atom. The van der Waals surface area contributed by atoms with Crippen LogP contribution in [0.15, 0.2) is 48.0 Å². The van der Waals surface area contributed by atoms with E-state index in [0.29, 0.717) is 5.82 Å². The molecule has 2 aromatic heterocycles. The van der Waals surface area contributed by atoms with Crippen molar-refractivity contribution >= 4 is 11.5 Å². The van der Waals surface area contributed by atoms with Crippen LogP contribution in [0.4, 0.5) is 5.82 Å². The van der Waals surface area contributed by atoms with Crippen molar-refractivity contribution in [1.82, 2.24) is 20.2 Å². The highest BCUT2D eigenvalue weighted by atomic mass is 16.6. The summed E-state index contributed by atoms with van der Waals surface area (Å²) in [6, 6.07) is 4.83. The second-order valence-corrected chi connectivity index (χ2v) is 3.70. The summed E-state index contributed by atoms with van der Waals surface area (Å²) in [5.74, 6) is 0.282. The van der Waals surface area contributed by atoms with E-state index in [1.165, 1.54) is 16.9 Å². The van der Waals surface area contributed by atoms with Crippen molar-refractivity contribution < 1.29 is 4.92 Å². The van der Waals surface area contributed by atoms with Gasteiger partial charge in [-0.15, -0.1) is 4.68 Å². The zero-order chi connectivity index (χ0) is 13.2. The van der Waals surface area contributed by atoms with Gasteiger partial charge in [-0.2, -0.15) is 10.5 Å². The quantitative estimate of drug-likeness (QED) is 0.603. The highest BCUT2D eigenvalue weighted by molar-refractivity contribution is 6.09. The summed E-state index contributed by atoms with van der Waals surface area (Å²) < 4.78 is 1.35. The second kappa shape index (κ2) is 4.33. The number of aromatic nitrogens is 3. The Balaban J connectivity index is 1.89. The highest BCUT2D eigenvalue weighted by Gasteiger charge is 2.13. The van der Waals surface area contributed by atoms with Gasteiger partial charge in [0.1, 0.15) is 0 Å². The van der Waals surface area contributed by atoms with Gasteiger partial charge in [0.15, 0.2) is 5.82 Å². The van der Waals surface area contributed by atoms with Crippen LogP contribution in [-0.2, 0) is 0 Å². The summed E-state index contributed by atoms with van der Waals surface area (Å²) in [5, 5.41) is 18.3. The van der Waals surface area contributed by atoms with Gasteiger partial charge in [0, 0.05) is 11.8 Å². The minimum atomic E-state index is -0.551. The lowest BCUT2D eigenvalue weighted by Crippen LogP contribution is -2.02. The maximum atomic E-state index is 10.5. The third-order valence-electron chi connectivity index (χ3n) is 2.50. The van der Waals surface area contributed by atoms with Crippen molar-refractivity contribution in [3.05, 3.63) is 58.5 Å². The highest BCUT2D eigenvalue weighted by Crippen LogP contribution is 2.12. The van der Waals surface area contributed by atoms with Gasteiger partial charge in [0.05, 0.1) is 29.3 Å². The summed E-state index contributed by atoms with van der Waals surface area (Å²) in [4.78, 5) is 14.2. The minimum absolute atomic E-state index is 0.215. The molecule has 93 valence electrons. The number of nitro groups is 1. The monoisotopic (exact) mass is 255 g/mol. The molecule has 0 bridgehead atoms. The standard InChI is InChI=1S/C11H7N6O2/c18-17(19)11-4-6-16(15-11)10-2-1-8(7-12-10)9-3-5-13-14-9/h1-7H. The smallest absolute Gasteiger partial charge is 0.358 e. The molecule has 8 heteroatoms. The van der Waals surface area contributed by atoms with E-state index in [1.54, 1.807) is 30.6 Å². The van der Waals surface area contributed by atoms with Crippen molar-refractivity contribution in [3.63, 3.8) is 0 Å². The summed E-state index contributed by atoms with van der Waals surface area (Å²) in [6.45, 7) is 0. The first-order valence-electron chi connectivity index (χ1n) is 5.35. The Kier molecular flexibility index (Phi) is 2.53. The first kappa shape index (κ1) is 11.1. The van der Waals surface area contributed by atoms with Crippen molar-refractivity contribution in [3.8, 4) is 5.82 Å². The van der Waals surface area contributed by atoms with Gasteiger partial charge >= 0.3 is 5.82 Å². The van der Waals surface area contributed by atoms with E-state index in [2.05, 4.69) is 20.6 Å². The average Bonchev–Trinajstić information content (AvgIpc) is 3.11. The van der Waals surface area contributed by atoms with E-state index < -0.39 is 4.92 Å². The van der Waals surface area contributed by atoms with Crippen LogP contribution in [0, 0.1) is 10.1 Å². The van der Waals surface area contributed by atoms with Crippen LogP contribution in [-0.4, -0.2) is 25.4 Å². The Morgan fingerprint density at radius 3 is 2.74 bits per heavy atom. The van der Waals surface area contributed by atoms with Crippen LogP contribution >= 0.6 is 0 Å². The first-order valence-corrected chi connectivity index (χ1v) is 5.35. The zero-order valence-corrected chi connectivity index (χ0v) is 9.54. The second-order valence-electron chi connectivity index (χ2n) is 3.70. The molecular formula is C11H7N6O2. The molecule has 0 fully saturated rings. The number of hydrogen-bond donors (Lipinski definition) is 0. The van der Waals surface area contributed by atoms with Gasteiger partial charge in [-0.1, -0.05) is 0 Å². The van der Waals surface area contributed by atoms with Crippen LogP contribution in [0.1, 0.15) is 5.56 Å². The number of nitrogens with zero attached hydrogens (tertiary/aromatic N) is 6. The molecule has 1 radical (unpaired) electrons. The molecule has 0 atom stereocenters. The molecule has 1 aliphatic rings. The number of rotatable bonds is 3. The first-order chi connectivity index (χ1) is 9.24. The fourth-order valence-corrected chi connectivity index (χ4v) is 1.60. The van der Waals surface area contributed by atoms with Crippen molar-refractivity contribution in [2.75, 3.05) is 0 Å². The molecule has 0 amide bonds. The van der Waals surface area contributed by atoms with E-state index in [4.69, 9.17) is 0 Å². The predicted octanol–water partition coefficient (Wildman–Crippen LogP) is 1.01. The van der Waals surface area contributed by atoms with Crippen molar-refractivity contribution in [2.24, 2.45) is 5.10 Å². The fraction of sp³-hybridized carbons (Fsp3) is 0. The lowest BCUT2D eigenvalue weighted by molar-refractivity contribution is -0.389. The molecule has 2 aromatic rings. The van der Waals surface area contributed by atoms with Gasteiger partial charge in [-0.05, 0) is 23.1 Å². The van der Waals surface area contributed by atoms with Crippen LogP contribution in [0.5, 0.6) is 0 Å². The van der Waals surface area contributed by atoms with Crippen molar-refractivity contribution in [2.45, 2.75) is 0 Å². The molecule has 3 rings (SSSR count). The molecule has 0 N–H and O–H groups in total. The van der Waals surface area contributed by atoms with Crippen LogP contribution in [0.2, 0.25) is 0 Å².